The van der Waals surface area contributed by atoms with Gasteiger partial charge in [0, 0.05) is 24.2 Å². The summed E-state index contributed by atoms with van der Waals surface area (Å²) in [7, 11) is 0. The molecule has 1 saturated heterocycles. The fourth-order valence-electron chi connectivity index (χ4n) is 6.92. The van der Waals surface area contributed by atoms with Crippen LogP contribution in [-0.4, -0.2) is 30.4 Å². The van der Waals surface area contributed by atoms with E-state index in [9.17, 15) is 18.4 Å². The van der Waals surface area contributed by atoms with Crippen LogP contribution in [0.3, 0.4) is 0 Å². The van der Waals surface area contributed by atoms with Gasteiger partial charge in [-0.05, 0) is 78.8 Å². The van der Waals surface area contributed by atoms with E-state index >= 15 is 0 Å². The van der Waals surface area contributed by atoms with Crippen molar-refractivity contribution in [1.29, 1.82) is 0 Å². The molecule has 3 aliphatic rings. The fraction of sp³-hybridized carbons (Fsp3) is 0.484. The summed E-state index contributed by atoms with van der Waals surface area (Å²) in [6, 6.07) is 5.55. The molecule has 1 spiro atoms. The van der Waals surface area contributed by atoms with Crippen molar-refractivity contribution in [3.05, 3.63) is 75.3 Å². The van der Waals surface area contributed by atoms with Gasteiger partial charge >= 0.3 is 0 Å². The first-order valence-electron chi connectivity index (χ1n) is 13.8. The van der Waals surface area contributed by atoms with E-state index < -0.39 is 35.1 Å². The Balaban J connectivity index is 1.60. The third-order valence-electron chi connectivity index (χ3n) is 8.62. The summed E-state index contributed by atoms with van der Waals surface area (Å²) in [5.74, 6) is -2.22. The molecule has 2 heterocycles. The zero-order valence-corrected chi connectivity index (χ0v) is 24.5. The third kappa shape index (κ3) is 5.17. The SMILES string of the molecule is C=C1CCC(CCNC(=O)[C@@H]2N[C@H](CC(C)(C)C)[C@]3(C(=O)Nc4cc(Cl)c(F)cc43)[C@H]2c2ccc(F)c(Cl)c2)C1. The van der Waals surface area contributed by atoms with E-state index in [1.165, 1.54) is 29.8 Å². The molecule has 3 N–H and O–H groups in total. The molecule has 2 aromatic carbocycles. The summed E-state index contributed by atoms with van der Waals surface area (Å²) in [4.78, 5) is 28.0. The van der Waals surface area contributed by atoms with Gasteiger partial charge in [0.25, 0.3) is 0 Å². The number of halogens is 4. The first-order valence-corrected chi connectivity index (χ1v) is 14.5. The van der Waals surface area contributed by atoms with Crippen LogP contribution in [0.25, 0.3) is 0 Å². The van der Waals surface area contributed by atoms with Crippen LogP contribution in [0.1, 0.15) is 69.9 Å². The average molecular weight is 591 g/mol. The number of anilines is 1. The molecular formula is C31H35Cl2F2N3O2. The lowest BCUT2D eigenvalue weighted by molar-refractivity contribution is -0.123. The lowest BCUT2D eigenvalue weighted by Crippen LogP contribution is -2.49. The lowest BCUT2D eigenvalue weighted by atomic mass is 9.62. The predicted octanol–water partition coefficient (Wildman–Crippen LogP) is 6.88. The van der Waals surface area contributed by atoms with Gasteiger partial charge in [0.15, 0.2) is 0 Å². The number of hydrogen-bond acceptors (Lipinski definition) is 3. The van der Waals surface area contributed by atoms with Crippen LogP contribution in [0.5, 0.6) is 0 Å². The second-order valence-electron chi connectivity index (χ2n) is 12.7. The second kappa shape index (κ2) is 10.7. The highest BCUT2D eigenvalue weighted by Gasteiger charge is 2.66. The molecule has 2 fully saturated rings. The zero-order chi connectivity index (χ0) is 29.0. The molecule has 0 radical (unpaired) electrons. The van der Waals surface area contributed by atoms with Gasteiger partial charge in [-0.15, -0.1) is 0 Å². The Morgan fingerprint density at radius 1 is 1.15 bits per heavy atom. The minimum absolute atomic E-state index is 0.111. The van der Waals surface area contributed by atoms with Gasteiger partial charge in [-0.25, -0.2) is 8.78 Å². The molecule has 0 aromatic heterocycles. The number of allylic oxidation sites excluding steroid dienone is 1. The summed E-state index contributed by atoms with van der Waals surface area (Å²) < 4.78 is 29.3. The first kappa shape index (κ1) is 29.0. The monoisotopic (exact) mass is 589 g/mol. The van der Waals surface area contributed by atoms with E-state index in [1.807, 2.05) is 20.8 Å². The number of rotatable bonds is 6. The first-order chi connectivity index (χ1) is 18.8. The molecule has 1 aliphatic carbocycles. The van der Waals surface area contributed by atoms with Crippen LogP contribution >= 0.6 is 23.2 Å². The molecule has 40 heavy (non-hydrogen) atoms. The van der Waals surface area contributed by atoms with Gasteiger partial charge in [-0.3, -0.25) is 9.59 Å². The summed E-state index contributed by atoms with van der Waals surface area (Å²) in [5.41, 5.74) is 0.956. The van der Waals surface area contributed by atoms with E-state index in [1.54, 1.807) is 6.07 Å². The van der Waals surface area contributed by atoms with Crippen molar-refractivity contribution in [3.63, 3.8) is 0 Å². The van der Waals surface area contributed by atoms with Crippen LogP contribution in [0.15, 0.2) is 42.5 Å². The van der Waals surface area contributed by atoms with E-state index in [-0.39, 0.29) is 27.3 Å². The Kier molecular flexibility index (Phi) is 7.79. The predicted molar refractivity (Wildman–Crippen MR) is 155 cm³/mol. The third-order valence-corrected chi connectivity index (χ3v) is 9.20. The quantitative estimate of drug-likeness (QED) is 0.321. The fourth-order valence-corrected chi connectivity index (χ4v) is 7.27. The molecule has 2 aliphatic heterocycles. The van der Waals surface area contributed by atoms with Crippen molar-refractivity contribution in [3.8, 4) is 0 Å². The zero-order valence-electron chi connectivity index (χ0n) is 23.0. The van der Waals surface area contributed by atoms with Crippen LogP contribution < -0.4 is 16.0 Å². The minimum Gasteiger partial charge on any atom is -0.355 e. The van der Waals surface area contributed by atoms with E-state index in [2.05, 4.69) is 22.5 Å². The summed E-state index contributed by atoms with van der Waals surface area (Å²) >= 11 is 12.3. The molecule has 9 heteroatoms. The Bertz CT molecular complexity index is 1380. The van der Waals surface area contributed by atoms with Crippen molar-refractivity contribution >= 4 is 40.7 Å². The minimum atomic E-state index is -1.37. The van der Waals surface area contributed by atoms with E-state index in [0.717, 1.165) is 25.7 Å². The maximum Gasteiger partial charge on any atom is 0.237 e. The lowest BCUT2D eigenvalue weighted by Gasteiger charge is -2.37. The van der Waals surface area contributed by atoms with Gasteiger partial charge in [-0.1, -0.05) is 62.2 Å². The number of fused-ring (bicyclic) bond motifs is 2. The molecule has 2 aromatic rings. The molecular weight excluding hydrogens is 555 g/mol. The van der Waals surface area contributed by atoms with Crippen LogP contribution in [0.4, 0.5) is 14.5 Å². The number of hydrogen-bond donors (Lipinski definition) is 3. The summed E-state index contributed by atoms with van der Waals surface area (Å²) in [6.45, 7) is 10.7. The second-order valence-corrected chi connectivity index (χ2v) is 13.5. The van der Waals surface area contributed by atoms with Crippen molar-refractivity contribution < 1.29 is 18.4 Å². The number of nitrogens with one attached hydrogen (secondary N) is 3. The van der Waals surface area contributed by atoms with Gasteiger partial charge < -0.3 is 16.0 Å². The number of carbonyl (C=O) groups excluding carboxylic acids is 2. The molecule has 5 rings (SSSR count). The highest BCUT2D eigenvalue weighted by Crippen LogP contribution is 2.57. The average Bonchev–Trinajstić information content (AvgIpc) is 3.51. The topological polar surface area (TPSA) is 70.2 Å². The molecule has 214 valence electrons. The van der Waals surface area contributed by atoms with Gasteiger partial charge in [-0.2, -0.15) is 0 Å². The molecule has 5 atom stereocenters. The Labute approximate surface area is 244 Å². The van der Waals surface area contributed by atoms with Gasteiger partial charge in [0.05, 0.1) is 16.1 Å². The van der Waals surface area contributed by atoms with Crippen molar-refractivity contribution in [2.24, 2.45) is 11.3 Å². The molecule has 1 unspecified atom stereocenters. The highest BCUT2D eigenvalue weighted by molar-refractivity contribution is 6.31. The standard InChI is InChI=1S/C31H35Cl2F2N3O2/c1-16-5-6-17(11-16)9-10-36-28(39)27-26(18-7-8-22(34)20(32)12-18)31(25(38-27)15-30(2,3)4)19-13-23(35)21(33)14-24(19)37-29(31)40/h7-8,12-14,17,25-27,38H,1,5-6,9-11,15H2,2-4H3,(H,36,39)(H,37,40)/t17?,25-,26+,27-,31+/m1/s1. The van der Waals surface area contributed by atoms with Crippen LogP contribution in [0.2, 0.25) is 10.0 Å². The molecule has 5 nitrogen and oxygen atoms in total. The largest absolute Gasteiger partial charge is 0.355 e. The normalized spacial score (nSPS) is 27.8. The number of carbonyl (C=O) groups is 2. The van der Waals surface area contributed by atoms with Crippen LogP contribution in [-0.2, 0) is 15.0 Å². The molecule has 0 bridgehead atoms. The van der Waals surface area contributed by atoms with Crippen molar-refractivity contribution in [1.82, 2.24) is 10.6 Å². The summed E-state index contributed by atoms with van der Waals surface area (Å²) in [6.07, 6.45) is 4.38. The highest BCUT2D eigenvalue weighted by atomic mass is 35.5. The maximum absolute atomic E-state index is 15.0. The van der Waals surface area contributed by atoms with Crippen LogP contribution in [0, 0.1) is 23.0 Å². The Morgan fingerprint density at radius 2 is 1.88 bits per heavy atom. The van der Waals surface area contributed by atoms with Crippen molar-refractivity contribution in [2.45, 2.75) is 76.3 Å². The Hall–Kier alpha value is -2.48. The smallest absolute Gasteiger partial charge is 0.237 e. The van der Waals surface area contributed by atoms with Gasteiger partial charge in [0.1, 0.15) is 17.0 Å². The number of benzene rings is 2. The maximum atomic E-state index is 15.0. The summed E-state index contributed by atoms with van der Waals surface area (Å²) in [5, 5.41) is 9.23. The van der Waals surface area contributed by atoms with E-state index in [4.69, 9.17) is 23.2 Å². The Morgan fingerprint density at radius 3 is 2.52 bits per heavy atom. The molecule has 1 saturated carbocycles. The van der Waals surface area contributed by atoms with Crippen molar-refractivity contribution in [2.75, 3.05) is 11.9 Å². The number of amides is 2. The molecule has 2 amide bonds. The van der Waals surface area contributed by atoms with E-state index in [0.29, 0.717) is 35.7 Å². The van der Waals surface area contributed by atoms with Gasteiger partial charge in [0.2, 0.25) is 11.8 Å².